The number of rotatable bonds is 2. The molecule has 0 fully saturated rings. The maximum absolute atomic E-state index is 8.54. The van der Waals surface area contributed by atoms with Crippen LogP contribution in [0.3, 0.4) is 0 Å². The molecule has 0 aliphatic heterocycles. The van der Waals surface area contributed by atoms with Crippen molar-refractivity contribution in [2.45, 2.75) is 18.9 Å². The molecule has 0 aliphatic carbocycles. The van der Waals surface area contributed by atoms with Gasteiger partial charge in [0.25, 0.3) is 0 Å². The molecular weight excluding hydrogens is 99.0 g/mol. The first-order valence-electron chi connectivity index (χ1n) is 2.07. The van der Waals surface area contributed by atoms with Gasteiger partial charge < -0.3 is 19.0 Å². The van der Waals surface area contributed by atoms with Gasteiger partial charge in [0.2, 0.25) is 0 Å². The van der Waals surface area contributed by atoms with Crippen LogP contribution in [-0.4, -0.2) is 11.2 Å². The van der Waals surface area contributed by atoms with Crippen LogP contribution < -0.4 is 29.6 Å². The van der Waals surface area contributed by atoms with Crippen LogP contribution >= 0.6 is 0 Å². The summed E-state index contributed by atoms with van der Waals surface area (Å²) in [6, 6.07) is 0. The maximum Gasteiger partial charge on any atom is 1.00 e. The van der Waals surface area contributed by atoms with Crippen molar-refractivity contribution in [1.29, 1.82) is 0 Å². The predicted molar refractivity (Wildman–Crippen MR) is 26.0 cm³/mol. The van der Waals surface area contributed by atoms with Crippen LogP contribution in [0, 0.1) is 13.8 Å². The van der Waals surface area contributed by atoms with E-state index in [9.17, 15) is 0 Å². The first-order chi connectivity index (χ1) is 2.81. The molecular formula is C5H10NaO-. The number of hydrogen-bond donors (Lipinski definition) is 1. The quantitative estimate of drug-likeness (QED) is 0.315. The van der Waals surface area contributed by atoms with Crippen molar-refractivity contribution < 1.29 is 34.7 Å². The van der Waals surface area contributed by atoms with Gasteiger partial charge in [0.05, 0.1) is 0 Å². The van der Waals surface area contributed by atoms with E-state index in [1.165, 1.54) is 0 Å². The topological polar surface area (TPSA) is 20.2 Å². The largest absolute Gasteiger partial charge is 1.00 e. The zero-order chi connectivity index (χ0) is 4.99. The SMILES string of the molecule is [CH2-]CC(O)C[CH2-].[Na+]. The molecule has 7 heavy (non-hydrogen) atoms. The van der Waals surface area contributed by atoms with Gasteiger partial charge in [-0.3, -0.25) is 0 Å². The molecule has 0 heterocycles. The zero-order valence-corrected chi connectivity index (χ0v) is 6.85. The fourth-order valence-corrected chi connectivity index (χ4v) is 0.144. The van der Waals surface area contributed by atoms with E-state index < -0.39 is 0 Å². The third-order valence-corrected chi connectivity index (χ3v) is 0.666. The molecule has 0 bridgehead atoms. The van der Waals surface area contributed by atoms with Crippen molar-refractivity contribution in [3.8, 4) is 0 Å². The third-order valence-electron chi connectivity index (χ3n) is 0.666. The van der Waals surface area contributed by atoms with E-state index in [1.807, 2.05) is 0 Å². The Morgan fingerprint density at radius 2 is 1.57 bits per heavy atom. The Kier molecular flexibility index (Phi) is 10.8. The molecule has 0 aliphatic rings. The Bertz CT molecular complexity index is 27.3. The Morgan fingerprint density at radius 3 is 1.57 bits per heavy atom. The molecule has 0 saturated heterocycles. The Balaban J connectivity index is 0. The summed E-state index contributed by atoms with van der Waals surface area (Å²) in [5, 5.41) is 8.54. The predicted octanol–water partition coefficient (Wildman–Crippen LogP) is -2.20. The van der Waals surface area contributed by atoms with Crippen LogP contribution in [0.2, 0.25) is 0 Å². The van der Waals surface area contributed by atoms with Gasteiger partial charge in [-0.15, -0.1) is 0 Å². The molecule has 0 spiro atoms. The van der Waals surface area contributed by atoms with E-state index in [1.54, 1.807) is 0 Å². The molecule has 2 heteroatoms. The number of hydrogen-bond acceptors (Lipinski definition) is 1. The van der Waals surface area contributed by atoms with Crippen LogP contribution in [-0.2, 0) is 0 Å². The van der Waals surface area contributed by atoms with E-state index in [0.717, 1.165) is 0 Å². The standard InChI is InChI=1S/C5H10O.Na/c1-3-5(6)4-2;/h5-6H,1-4H2;/q-2;+1. The minimum atomic E-state index is -0.287. The van der Waals surface area contributed by atoms with Gasteiger partial charge in [-0.2, -0.15) is 12.8 Å². The summed E-state index contributed by atoms with van der Waals surface area (Å²) < 4.78 is 0. The second-order valence-electron chi connectivity index (χ2n) is 1.23. The van der Waals surface area contributed by atoms with Gasteiger partial charge >= 0.3 is 29.6 Å². The number of aliphatic hydroxyl groups excluding tert-OH is 1. The summed E-state index contributed by atoms with van der Waals surface area (Å²) in [6.45, 7) is 6.93. The van der Waals surface area contributed by atoms with Crippen molar-refractivity contribution in [2.24, 2.45) is 0 Å². The van der Waals surface area contributed by atoms with E-state index in [0.29, 0.717) is 12.8 Å². The van der Waals surface area contributed by atoms with Crippen molar-refractivity contribution in [3.05, 3.63) is 13.8 Å². The van der Waals surface area contributed by atoms with Crippen molar-refractivity contribution in [2.75, 3.05) is 0 Å². The summed E-state index contributed by atoms with van der Waals surface area (Å²) in [6.07, 6.45) is 0.859. The molecule has 1 nitrogen and oxygen atoms in total. The second kappa shape index (κ2) is 6.96. The molecule has 0 saturated carbocycles. The fraction of sp³-hybridized carbons (Fsp3) is 0.600. The van der Waals surface area contributed by atoms with Crippen LogP contribution in [0.4, 0.5) is 0 Å². The Hall–Kier alpha value is 0.960. The molecule has 0 atom stereocenters. The molecule has 0 unspecified atom stereocenters. The van der Waals surface area contributed by atoms with Gasteiger partial charge in [-0.1, -0.05) is 0 Å². The van der Waals surface area contributed by atoms with Crippen LogP contribution in [0.1, 0.15) is 12.8 Å². The van der Waals surface area contributed by atoms with Crippen molar-refractivity contribution in [3.63, 3.8) is 0 Å². The first kappa shape index (κ1) is 10.9. The third kappa shape index (κ3) is 6.96. The van der Waals surface area contributed by atoms with E-state index in [4.69, 9.17) is 5.11 Å². The van der Waals surface area contributed by atoms with Crippen LogP contribution in [0.5, 0.6) is 0 Å². The average Bonchev–Trinajstić information content (AvgIpc) is 1.65. The molecule has 0 radical (unpaired) electrons. The first-order valence-corrected chi connectivity index (χ1v) is 2.07. The molecule has 0 rings (SSSR count). The van der Waals surface area contributed by atoms with Crippen molar-refractivity contribution >= 4 is 0 Å². The van der Waals surface area contributed by atoms with Gasteiger partial charge in [0, 0.05) is 0 Å². The van der Waals surface area contributed by atoms with Gasteiger partial charge in [-0.05, 0) is 6.10 Å². The minimum Gasteiger partial charge on any atom is -0.398 e. The monoisotopic (exact) mass is 109 g/mol. The van der Waals surface area contributed by atoms with Gasteiger partial charge in [-0.25, -0.2) is 0 Å². The Labute approximate surface area is 67.4 Å². The van der Waals surface area contributed by atoms with Crippen molar-refractivity contribution in [1.82, 2.24) is 0 Å². The van der Waals surface area contributed by atoms with E-state index >= 15 is 0 Å². The second-order valence-corrected chi connectivity index (χ2v) is 1.23. The van der Waals surface area contributed by atoms with E-state index in [2.05, 4.69) is 13.8 Å². The van der Waals surface area contributed by atoms with Gasteiger partial charge in [0.15, 0.2) is 0 Å². The van der Waals surface area contributed by atoms with Crippen LogP contribution in [0.25, 0.3) is 0 Å². The normalized spacial score (nSPS) is 8.57. The summed E-state index contributed by atoms with van der Waals surface area (Å²) in [5.74, 6) is 0. The average molecular weight is 109 g/mol. The zero-order valence-electron chi connectivity index (χ0n) is 4.85. The summed E-state index contributed by atoms with van der Waals surface area (Å²) in [7, 11) is 0. The number of aliphatic hydroxyl groups is 1. The molecule has 0 aromatic rings. The molecule has 0 aromatic carbocycles. The molecule has 0 aromatic heterocycles. The fourth-order valence-electron chi connectivity index (χ4n) is 0.144. The summed E-state index contributed by atoms with van der Waals surface area (Å²) >= 11 is 0. The van der Waals surface area contributed by atoms with Gasteiger partial charge in [0.1, 0.15) is 0 Å². The summed E-state index contributed by atoms with van der Waals surface area (Å²) in [4.78, 5) is 0. The minimum absolute atomic E-state index is 0. The Morgan fingerprint density at radius 1 is 1.29 bits per heavy atom. The van der Waals surface area contributed by atoms with E-state index in [-0.39, 0.29) is 35.7 Å². The molecule has 0 amide bonds. The summed E-state index contributed by atoms with van der Waals surface area (Å²) in [5.41, 5.74) is 0. The molecule has 1 N–H and O–H groups in total. The smallest absolute Gasteiger partial charge is 0.398 e. The molecule has 38 valence electrons. The van der Waals surface area contributed by atoms with Crippen LogP contribution in [0.15, 0.2) is 0 Å². The maximum atomic E-state index is 8.54.